The van der Waals surface area contributed by atoms with E-state index >= 15 is 0 Å². The lowest BCUT2D eigenvalue weighted by atomic mass is 10.1. The van der Waals surface area contributed by atoms with Gasteiger partial charge in [-0.15, -0.1) is 0 Å². The second-order valence-corrected chi connectivity index (χ2v) is 6.44. The third kappa shape index (κ3) is 3.69. The van der Waals surface area contributed by atoms with Crippen LogP contribution >= 0.6 is 38.5 Å². The Kier molecular flexibility index (Phi) is 4.98. The van der Waals surface area contributed by atoms with Crippen molar-refractivity contribution in [3.63, 3.8) is 0 Å². The number of nitrogens with one attached hydrogen (secondary N) is 1. The molecule has 0 saturated carbocycles. The van der Waals surface area contributed by atoms with Gasteiger partial charge in [-0.1, -0.05) is 12.1 Å². The molecule has 1 atom stereocenters. The van der Waals surface area contributed by atoms with Crippen LogP contribution in [0.4, 0.5) is 11.4 Å². The standard InChI is InChI=1S/C14H12BrIN2O2/c1-9(10-2-4-11(16)5-3-10)17-12-6-7-13(15)14(8-12)18(19)20/h2-9,17H,1H3. The number of nitro benzene ring substituents is 1. The van der Waals surface area contributed by atoms with Gasteiger partial charge in [0, 0.05) is 21.4 Å². The van der Waals surface area contributed by atoms with E-state index in [0.717, 1.165) is 11.3 Å². The lowest BCUT2D eigenvalue weighted by molar-refractivity contribution is -0.385. The van der Waals surface area contributed by atoms with Gasteiger partial charge >= 0.3 is 0 Å². The van der Waals surface area contributed by atoms with E-state index in [1.807, 2.05) is 37.3 Å². The van der Waals surface area contributed by atoms with Gasteiger partial charge in [-0.05, 0) is 75.3 Å². The maximum atomic E-state index is 10.9. The fourth-order valence-electron chi connectivity index (χ4n) is 1.83. The summed E-state index contributed by atoms with van der Waals surface area (Å²) in [4.78, 5) is 10.5. The summed E-state index contributed by atoms with van der Waals surface area (Å²) in [5, 5.41) is 14.2. The number of halogens is 2. The van der Waals surface area contributed by atoms with Gasteiger partial charge in [0.15, 0.2) is 0 Å². The number of rotatable bonds is 4. The van der Waals surface area contributed by atoms with Crippen molar-refractivity contribution in [1.82, 2.24) is 0 Å². The van der Waals surface area contributed by atoms with Crippen LogP contribution < -0.4 is 5.32 Å². The summed E-state index contributed by atoms with van der Waals surface area (Å²) in [6.45, 7) is 2.02. The molecule has 2 aromatic rings. The van der Waals surface area contributed by atoms with E-state index in [-0.39, 0.29) is 11.7 Å². The van der Waals surface area contributed by atoms with E-state index in [4.69, 9.17) is 0 Å². The van der Waals surface area contributed by atoms with Crippen LogP contribution in [-0.2, 0) is 0 Å². The molecular formula is C14H12BrIN2O2. The number of anilines is 1. The van der Waals surface area contributed by atoms with Crippen LogP contribution in [0.1, 0.15) is 18.5 Å². The monoisotopic (exact) mass is 446 g/mol. The molecule has 2 rings (SSSR count). The van der Waals surface area contributed by atoms with Gasteiger partial charge < -0.3 is 5.32 Å². The molecule has 0 fully saturated rings. The van der Waals surface area contributed by atoms with Gasteiger partial charge in [-0.2, -0.15) is 0 Å². The molecule has 4 nitrogen and oxygen atoms in total. The Morgan fingerprint density at radius 2 is 1.90 bits per heavy atom. The van der Waals surface area contributed by atoms with Gasteiger partial charge in [0.2, 0.25) is 0 Å². The highest BCUT2D eigenvalue weighted by atomic mass is 127. The van der Waals surface area contributed by atoms with Gasteiger partial charge in [-0.3, -0.25) is 10.1 Å². The summed E-state index contributed by atoms with van der Waals surface area (Å²) < 4.78 is 1.66. The Morgan fingerprint density at radius 3 is 2.50 bits per heavy atom. The molecule has 0 amide bonds. The molecule has 0 aliphatic rings. The second kappa shape index (κ2) is 6.53. The minimum Gasteiger partial charge on any atom is -0.378 e. The van der Waals surface area contributed by atoms with Crippen molar-refractivity contribution in [2.75, 3.05) is 5.32 Å². The third-order valence-corrected chi connectivity index (χ3v) is 4.29. The lowest BCUT2D eigenvalue weighted by Gasteiger charge is -2.16. The molecule has 1 unspecified atom stereocenters. The van der Waals surface area contributed by atoms with E-state index in [9.17, 15) is 10.1 Å². The van der Waals surface area contributed by atoms with Crippen molar-refractivity contribution in [3.05, 3.63) is 66.2 Å². The molecule has 0 aliphatic heterocycles. The lowest BCUT2D eigenvalue weighted by Crippen LogP contribution is -2.06. The van der Waals surface area contributed by atoms with E-state index < -0.39 is 4.92 Å². The first-order valence-electron chi connectivity index (χ1n) is 5.93. The van der Waals surface area contributed by atoms with Crippen LogP contribution in [0.2, 0.25) is 0 Å². The highest BCUT2D eigenvalue weighted by molar-refractivity contribution is 14.1. The predicted molar refractivity (Wildman–Crippen MR) is 92.0 cm³/mol. The first-order chi connectivity index (χ1) is 9.47. The summed E-state index contributed by atoms with van der Waals surface area (Å²) in [5.74, 6) is 0. The number of nitro groups is 1. The normalized spacial score (nSPS) is 11.9. The Labute approximate surface area is 139 Å². The van der Waals surface area contributed by atoms with Crippen LogP contribution in [0.25, 0.3) is 0 Å². The fraction of sp³-hybridized carbons (Fsp3) is 0.143. The average Bonchev–Trinajstić information content (AvgIpc) is 2.41. The highest BCUT2D eigenvalue weighted by Crippen LogP contribution is 2.29. The van der Waals surface area contributed by atoms with Crippen molar-refractivity contribution in [1.29, 1.82) is 0 Å². The van der Waals surface area contributed by atoms with E-state index in [2.05, 4.69) is 43.8 Å². The molecule has 0 heterocycles. The minimum absolute atomic E-state index is 0.0600. The molecule has 20 heavy (non-hydrogen) atoms. The molecule has 0 bridgehead atoms. The summed E-state index contributed by atoms with van der Waals surface area (Å²) >= 11 is 5.44. The Bertz CT molecular complexity index is 632. The largest absolute Gasteiger partial charge is 0.378 e. The van der Waals surface area contributed by atoms with Crippen LogP contribution in [-0.4, -0.2) is 4.92 Å². The summed E-state index contributed by atoms with van der Waals surface area (Å²) in [5.41, 5.74) is 1.92. The minimum atomic E-state index is -0.398. The molecule has 0 aliphatic carbocycles. The van der Waals surface area contributed by atoms with Crippen molar-refractivity contribution in [3.8, 4) is 0 Å². The van der Waals surface area contributed by atoms with Crippen LogP contribution in [0.3, 0.4) is 0 Å². The number of nitrogens with zero attached hydrogens (tertiary/aromatic N) is 1. The van der Waals surface area contributed by atoms with E-state index in [1.165, 1.54) is 9.64 Å². The summed E-state index contributed by atoms with van der Waals surface area (Å²) in [6.07, 6.45) is 0. The van der Waals surface area contributed by atoms with E-state index in [1.54, 1.807) is 6.07 Å². The highest BCUT2D eigenvalue weighted by Gasteiger charge is 2.13. The SMILES string of the molecule is CC(Nc1ccc(Br)c([N+](=O)[O-])c1)c1ccc(I)cc1. The molecule has 2 aromatic carbocycles. The third-order valence-electron chi connectivity index (χ3n) is 2.90. The second-order valence-electron chi connectivity index (χ2n) is 4.34. The number of benzene rings is 2. The molecule has 0 saturated heterocycles. The van der Waals surface area contributed by atoms with Gasteiger partial charge in [0.05, 0.1) is 9.40 Å². The first-order valence-corrected chi connectivity index (χ1v) is 7.80. The van der Waals surface area contributed by atoms with Crippen LogP contribution in [0, 0.1) is 13.7 Å². The Hall–Kier alpha value is -1.15. The molecule has 0 spiro atoms. The number of hydrogen-bond donors (Lipinski definition) is 1. The predicted octanol–water partition coefficient (Wildman–Crippen LogP) is 5.14. The van der Waals surface area contributed by atoms with Crippen molar-refractivity contribution in [2.24, 2.45) is 0 Å². The maximum absolute atomic E-state index is 10.9. The van der Waals surface area contributed by atoms with Crippen molar-refractivity contribution < 1.29 is 4.92 Å². The van der Waals surface area contributed by atoms with E-state index in [0.29, 0.717) is 4.47 Å². The van der Waals surface area contributed by atoms with Crippen molar-refractivity contribution in [2.45, 2.75) is 13.0 Å². The quantitative estimate of drug-likeness (QED) is 0.402. The smallest absolute Gasteiger partial charge is 0.285 e. The van der Waals surface area contributed by atoms with Crippen LogP contribution in [0.15, 0.2) is 46.9 Å². The van der Waals surface area contributed by atoms with Crippen LogP contribution in [0.5, 0.6) is 0 Å². The zero-order valence-corrected chi connectivity index (χ0v) is 14.4. The Balaban J connectivity index is 2.19. The molecule has 0 radical (unpaired) electrons. The van der Waals surface area contributed by atoms with Gasteiger partial charge in [-0.25, -0.2) is 0 Å². The maximum Gasteiger partial charge on any atom is 0.285 e. The molecule has 1 N–H and O–H groups in total. The molecule has 0 aromatic heterocycles. The topological polar surface area (TPSA) is 55.2 Å². The first kappa shape index (κ1) is 15.2. The van der Waals surface area contributed by atoms with Gasteiger partial charge in [0.1, 0.15) is 0 Å². The zero-order valence-electron chi connectivity index (χ0n) is 10.6. The van der Waals surface area contributed by atoms with Gasteiger partial charge in [0.25, 0.3) is 5.69 Å². The van der Waals surface area contributed by atoms with Crippen molar-refractivity contribution >= 4 is 49.9 Å². The Morgan fingerprint density at radius 1 is 1.25 bits per heavy atom. The number of hydrogen-bond acceptors (Lipinski definition) is 3. The fourth-order valence-corrected chi connectivity index (χ4v) is 2.58. The molecular weight excluding hydrogens is 435 g/mol. The average molecular weight is 447 g/mol. The zero-order chi connectivity index (χ0) is 14.7. The summed E-state index contributed by atoms with van der Waals surface area (Å²) in [6, 6.07) is 13.3. The summed E-state index contributed by atoms with van der Waals surface area (Å²) in [7, 11) is 0. The molecule has 6 heteroatoms. The molecule has 104 valence electrons.